The van der Waals surface area contributed by atoms with Crippen LogP contribution in [-0.2, 0) is 22.5 Å². The van der Waals surface area contributed by atoms with Crippen LogP contribution < -0.4 is 5.32 Å². The lowest BCUT2D eigenvalue weighted by atomic mass is 10.1. The minimum atomic E-state index is -5.01. The van der Waals surface area contributed by atoms with E-state index in [1.165, 1.54) is 4.90 Å². The van der Waals surface area contributed by atoms with E-state index in [2.05, 4.69) is 10.2 Å². The van der Waals surface area contributed by atoms with Gasteiger partial charge in [-0.3, -0.25) is 9.89 Å². The molecule has 7 nitrogen and oxygen atoms in total. The van der Waals surface area contributed by atoms with Crippen LogP contribution in [0.2, 0.25) is 0 Å². The van der Waals surface area contributed by atoms with Gasteiger partial charge >= 0.3 is 18.2 Å². The van der Waals surface area contributed by atoms with Crippen LogP contribution in [-0.4, -0.2) is 45.4 Å². The first kappa shape index (κ1) is 17.1. The minimum Gasteiger partial charge on any atom is -0.444 e. The number of ether oxygens (including phenoxy) is 1. The van der Waals surface area contributed by atoms with Gasteiger partial charge in [-0.25, -0.2) is 4.79 Å². The van der Waals surface area contributed by atoms with Gasteiger partial charge in [0.15, 0.2) is 5.82 Å². The van der Waals surface area contributed by atoms with Crippen molar-refractivity contribution in [1.82, 2.24) is 15.1 Å². The van der Waals surface area contributed by atoms with Crippen LogP contribution in [0.1, 0.15) is 32.0 Å². The lowest BCUT2D eigenvalue weighted by Crippen LogP contribution is -2.40. The third-order valence-electron chi connectivity index (χ3n) is 3.07. The molecule has 0 spiro atoms. The van der Waals surface area contributed by atoms with Gasteiger partial charge in [-0.1, -0.05) is 0 Å². The van der Waals surface area contributed by atoms with E-state index in [9.17, 15) is 22.8 Å². The van der Waals surface area contributed by atoms with Crippen molar-refractivity contribution in [3.63, 3.8) is 0 Å². The number of anilines is 1. The van der Waals surface area contributed by atoms with Crippen molar-refractivity contribution in [1.29, 1.82) is 0 Å². The Morgan fingerprint density at radius 3 is 2.52 bits per heavy atom. The molecule has 128 valence electrons. The maximum Gasteiger partial charge on any atom is 0.471 e. The van der Waals surface area contributed by atoms with Crippen molar-refractivity contribution in [2.45, 2.75) is 45.5 Å². The lowest BCUT2D eigenvalue weighted by molar-refractivity contribution is -0.167. The number of nitrogens with zero attached hydrogens (tertiary/aromatic N) is 2. The second kappa shape index (κ2) is 5.74. The third-order valence-corrected chi connectivity index (χ3v) is 3.07. The molecule has 10 heteroatoms. The van der Waals surface area contributed by atoms with Crippen LogP contribution in [0.4, 0.5) is 23.8 Å². The van der Waals surface area contributed by atoms with E-state index in [1.54, 1.807) is 26.1 Å². The van der Waals surface area contributed by atoms with Gasteiger partial charge in [0.2, 0.25) is 0 Å². The first-order valence-electron chi connectivity index (χ1n) is 6.89. The molecule has 2 heterocycles. The number of carbonyl (C=O) groups excluding carboxylic acids is 2. The van der Waals surface area contributed by atoms with Gasteiger partial charge < -0.3 is 15.0 Å². The van der Waals surface area contributed by atoms with Crippen LogP contribution in [0, 0.1) is 0 Å². The fraction of sp³-hybridized carbons (Fsp3) is 0.615. The molecule has 0 bridgehead atoms. The summed E-state index contributed by atoms with van der Waals surface area (Å²) >= 11 is 0. The molecule has 2 amide bonds. The summed E-state index contributed by atoms with van der Waals surface area (Å²) in [6.45, 7) is 5.50. The highest BCUT2D eigenvalue weighted by atomic mass is 19.4. The standard InChI is InChI=1S/C13H17F3N4O3/c1-12(2,3)23-11(22)20-5-4-8-7(6-20)9(19-18-8)17-10(21)13(14,15)16/h4-6H2,1-3H3,(H2,17,18,19,21). The van der Waals surface area contributed by atoms with Crippen molar-refractivity contribution in [2.75, 3.05) is 11.9 Å². The van der Waals surface area contributed by atoms with E-state index in [-0.39, 0.29) is 12.4 Å². The SMILES string of the molecule is CC(C)(C)OC(=O)N1CCc2[nH]nc(NC(=O)C(F)(F)F)c2C1. The van der Waals surface area contributed by atoms with Crippen LogP contribution in [0.15, 0.2) is 0 Å². The van der Waals surface area contributed by atoms with E-state index in [0.717, 1.165) is 0 Å². The molecule has 0 aliphatic carbocycles. The van der Waals surface area contributed by atoms with Crippen LogP contribution in [0.5, 0.6) is 0 Å². The monoisotopic (exact) mass is 334 g/mol. The summed E-state index contributed by atoms with van der Waals surface area (Å²) in [5.41, 5.74) is 0.253. The van der Waals surface area contributed by atoms with E-state index in [4.69, 9.17) is 4.74 Å². The molecule has 2 rings (SSSR count). The van der Waals surface area contributed by atoms with Gasteiger partial charge in [-0.15, -0.1) is 0 Å². The topological polar surface area (TPSA) is 87.3 Å². The number of hydrogen-bond donors (Lipinski definition) is 2. The maximum atomic E-state index is 12.3. The lowest BCUT2D eigenvalue weighted by Gasteiger charge is -2.30. The van der Waals surface area contributed by atoms with E-state index >= 15 is 0 Å². The first-order valence-corrected chi connectivity index (χ1v) is 6.89. The zero-order valence-electron chi connectivity index (χ0n) is 12.9. The van der Waals surface area contributed by atoms with Gasteiger partial charge in [-0.2, -0.15) is 18.3 Å². The second-order valence-electron chi connectivity index (χ2n) is 6.13. The highest BCUT2D eigenvalue weighted by Crippen LogP contribution is 2.26. The summed E-state index contributed by atoms with van der Waals surface area (Å²) in [4.78, 5) is 24.4. The molecule has 0 unspecified atom stereocenters. The van der Waals surface area contributed by atoms with Gasteiger partial charge in [-0.05, 0) is 20.8 Å². The van der Waals surface area contributed by atoms with Crippen LogP contribution in [0.25, 0.3) is 0 Å². The third kappa shape index (κ3) is 4.14. The highest BCUT2D eigenvalue weighted by Gasteiger charge is 2.40. The number of halogens is 3. The Bertz CT molecular complexity index is 619. The molecule has 1 aliphatic heterocycles. The van der Waals surface area contributed by atoms with Crippen molar-refractivity contribution >= 4 is 17.8 Å². The summed E-state index contributed by atoms with van der Waals surface area (Å²) in [6, 6.07) is 0. The second-order valence-corrected chi connectivity index (χ2v) is 6.13. The van der Waals surface area contributed by atoms with Gasteiger partial charge in [0.1, 0.15) is 5.60 Å². The molecule has 0 aromatic carbocycles. The molecule has 1 aromatic rings. The number of aromatic nitrogens is 2. The Morgan fingerprint density at radius 2 is 1.96 bits per heavy atom. The minimum absolute atomic E-state index is 0.00815. The van der Waals surface area contributed by atoms with Crippen LogP contribution >= 0.6 is 0 Å². The fourth-order valence-electron chi connectivity index (χ4n) is 2.06. The molecule has 0 fully saturated rings. The zero-order valence-corrected chi connectivity index (χ0v) is 12.9. The average molecular weight is 334 g/mol. The fourth-order valence-corrected chi connectivity index (χ4v) is 2.06. The Labute approximate surface area is 130 Å². The van der Waals surface area contributed by atoms with E-state index in [0.29, 0.717) is 24.2 Å². The Balaban J connectivity index is 2.12. The van der Waals surface area contributed by atoms with Gasteiger partial charge in [0.05, 0.1) is 6.54 Å². The molecule has 0 atom stereocenters. The number of alkyl halides is 3. The molecule has 2 N–H and O–H groups in total. The molecule has 0 saturated carbocycles. The maximum absolute atomic E-state index is 12.3. The summed E-state index contributed by atoms with van der Waals surface area (Å²) in [6.07, 6.45) is -5.20. The number of hydrogen-bond acceptors (Lipinski definition) is 4. The predicted molar refractivity (Wildman–Crippen MR) is 73.6 cm³/mol. The molecular weight excluding hydrogens is 317 g/mol. The number of H-pyrrole nitrogens is 1. The van der Waals surface area contributed by atoms with E-state index < -0.39 is 23.8 Å². The van der Waals surface area contributed by atoms with Gasteiger partial charge in [0, 0.05) is 24.2 Å². The molecule has 0 saturated heterocycles. The molecule has 0 radical (unpaired) electrons. The van der Waals surface area contributed by atoms with Crippen molar-refractivity contribution < 1.29 is 27.5 Å². The predicted octanol–water partition coefficient (Wildman–Crippen LogP) is 2.20. The molecule has 1 aromatic heterocycles. The largest absolute Gasteiger partial charge is 0.471 e. The van der Waals surface area contributed by atoms with Crippen LogP contribution in [0.3, 0.4) is 0 Å². The molecule has 23 heavy (non-hydrogen) atoms. The summed E-state index contributed by atoms with van der Waals surface area (Å²) in [7, 11) is 0. The molecule has 1 aliphatic rings. The highest BCUT2D eigenvalue weighted by molar-refractivity contribution is 5.94. The Kier molecular flexibility index (Phi) is 4.27. The number of nitrogens with one attached hydrogen (secondary N) is 2. The zero-order chi connectivity index (χ0) is 17.4. The smallest absolute Gasteiger partial charge is 0.444 e. The average Bonchev–Trinajstić information content (AvgIpc) is 2.78. The normalized spacial score (nSPS) is 15.1. The summed E-state index contributed by atoms with van der Waals surface area (Å²) < 4.78 is 42.2. The number of rotatable bonds is 1. The van der Waals surface area contributed by atoms with Crippen molar-refractivity contribution in [3.8, 4) is 0 Å². The number of amides is 2. The van der Waals surface area contributed by atoms with Crippen molar-refractivity contribution in [2.24, 2.45) is 0 Å². The van der Waals surface area contributed by atoms with Crippen molar-refractivity contribution in [3.05, 3.63) is 11.3 Å². The molecular formula is C13H17F3N4O3. The Hall–Kier alpha value is -2.26. The quantitative estimate of drug-likeness (QED) is 0.824. The number of carbonyl (C=O) groups is 2. The number of aromatic amines is 1. The Morgan fingerprint density at radius 1 is 1.30 bits per heavy atom. The van der Waals surface area contributed by atoms with Gasteiger partial charge in [0.25, 0.3) is 0 Å². The number of fused-ring (bicyclic) bond motifs is 1. The summed E-state index contributed by atoms with van der Waals surface area (Å²) in [5, 5.41) is 7.98. The first-order chi connectivity index (χ1) is 10.5. The summed E-state index contributed by atoms with van der Waals surface area (Å²) in [5.74, 6) is -2.34. The van der Waals surface area contributed by atoms with E-state index in [1.807, 2.05) is 0 Å².